The van der Waals surface area contributed by atoms with Crippen LogP contribution in [-0.2, 0) is 11.3 Å². The number of thiazole rings is 1. The third-order valence-corrected chi connectivity index (χ3v) is 6.46. The maximum atomic E-state index is 12.5. The van der Waals surface area contributed by atoms with Crippen LogP contribution in [0, 0.1) is 5.92 Å². The van der Waals surface area contributed by atoms with Crippen LogP contribution in [0.2, 0.25) is 0 Å². The number of aromatic nitrogens is 3. The predicted molar refractivity (Wildman–Crippen MR) is 111 cm³/mol. The first-order chi connectivity index (χ1) is 14.7. The van der Waals surface area contributed by atoms with Crippen LogP contribution >= 0.6 is 11.3 Å². The van der Waals surface area contributed by atoms with Crippen molar-refractivity contribution in [2.75, 3.05) is 6.61 Å². The number of carbonyl (C=O) groups is 1. The van der Waals surface area contributed by atoms with Crippen molar-refractivity contribution in [3.05, 3.63) is 41.2 Å². The minimum atomic E-state index is -4.41. The average molecular weight is 453 g/mol. The van der Waals surface area contributed by atoms with Gasteiger partial charge in [-0.2, -0.15) is 13.2 Å². The van der Waals surface area contributed by atoms with Gasteiger partial charge in [-0.25, -0.2) is 9.97 Å². The molecule has 2 aromatic heterocycles. The standard InChI is InChI=1S/C21H23F3N4O2S/c1-3-28-16-7-5-4-6-15(16)27-19(28)14-8-13(14)9-18(29)26-12(2)17-10-25-20(31-17)30-11-21(22,23)24/h4-7,10,12-14H,3,8-9,11H2,1-2H3,(H,26,29)/t12-,13-,14-/m1/s1. The zero-order valence-electron chi connectivity index (χ0n) is 17.1. The number of para-hydroxylation sites is 2. The van der Waals surface area contributed by atoms with Crippen LogP contribution in [-0.4, -0.2) is 33.2 Å². The van der Waals surface area contributed by atoms with Crippen molar-refractivity contribution < 1.29 is 22.7 Å². The number of halogens is 3. The van der Waals surface area contributed by atoms with Gasteiger partial charge >= 0.3 is 6.18 Å². The molecule has 0 spiro atoms. The molecule has 166 valence electrons. The fourth-order valence-electron chi connectivity index (χ4n) is 3.79. The van der Waals surface area contributed by atoms with Crippen molar-refractivity contribution in [1.29, 1.82) is 0 Å². The number of amides is 1. The van der Waals surface area contributed by atoms with Crippen molar-refractivity contribution in [2.45, 2.75) is 51.4 Å². The molecule has 1 aliphatic carbocycles. The number of hydrogen-bond donors (Lipinski definition) is 1. The summed E-state index contributed by atoms with van der Waals surface area (Å²) in [4.78, 5) is 21.8. The molecule has 31 heavy (non-hydrogen) atoms. The van der Waals surface area contributed by atoms with Gasteiger partial charge in [-0.05, 0) is 38.3 Å². The lowest BCUT2D eigenvalue weighted by Crippen LogP contribution is -2.26. The third kappa shape index (κ3) is 5.00. The first-order valence-corrected chi connectivity index (χ1v) is 11.0. The molecule has 3 atom stereocenters. The van der Waals surface area contributed by atoms with Crippen LogP contribution in [0.1, 0.15) is 49.4 Å². The number of rotatable bonds is 8. The van der Waals surface area contributed by atoms with Crippen molar-refractivity contribution in [1.82, 2.24) is 19.9 Å². The number of hydrogen-bond acceptors (Lipinski definition) is 5. The van der Waals surface area contributed by atoms with E-state index in [4.69, 9.17) is 4.98 Å². The Morgan fingerprint density at radius 3 is 2.90 bits per heavy atom. The lowest BCUT2D eigenvalue weighted by molar-refractivity contribution is -0.153. The Balaban J connectivity index is 1.32. The molecule has 2 heterocycles. The Morgan fingerprint density at radius 2 is 2.16 bits per heavy atom. The van der Waals surface area contributed by atoms with E-state index in [0.29, 0.717) is 11.3 Å². The molecule has 6 nitrogen and oxygen atoms in total. The minimum Gasteiger partial charge on any atom is -0.460 e. The normalized spacial score (nSPS) is 19.4. The highest BCUT2D eigenvalue weighted by molar-refractivity contribution is 7.13. The molecule has 0 saturated heterocycles. The summed E-state index contributed by atoms with van der Waals surface area (Å²) in [5.41, 5.74) is 2.08. The van der Waals surface area contributed by atoms with Crippen LogP contribution in [0.3, 0.4) is 0 Å². The second-order valence-corrected chi connectivity index (χ2v) is 8.76. The van der Waals surface area contributed by atoms with E-state index in [9.17, 15) is 18.0 Å². The monoisotopic (exact) mass is 452 g/mol. The van der Waals surface area contributed by atoms with E-state index in [2.05, 4.69) is 32.6 Å². The van der Waals surface area contributed by atoms with Crippen molar-refractivity contribution in [3.8, 4) is 5.19 Å². The van der Waals surface area contributed by atoms with Gasteiger partial charge in [0.05, 0.1) is 22.0 Å². The number of nitrogens with one attached hydrogen (secondary N) is 1. The van der Waals surface area contributed by atoms with Gasteiger partial charge in [0, 0.05) is 25.1 Å². The molecular weight excluding hydrogens is 429 g/mol. The fourth-order valence-corrected chi connectivity index (χ4v) is 4.55. The number of carbonyl (C=O) groups excluding carboxylic acids is 1. The highest BCUT2D eigenvalue weighted by Crippen LogP contribution is 2.49. The smallest absolute Gasteiger partial charge is 0.422 e. The summed E-state index contributed by atoms with van der Waals surface area (Å²) in [6, 6.07) is 7.67. The average Bonchev–Trinajstić information content (AvgIpc) is 3.14. The van der Waals surface area contributed by atoms with Gasteiger partial charge in [-0.3, -0.25) is 4.79 Å². The van der Waals surface area contributed by atoms with Gasteiger partial charge < -0.3 is 14.6 Å². The van der Waals surface area contributed by atoms with E-state index in [-0.39, 0.29) is 29.0 Å². The third-order valence-electron chi connectivity index (χ3n) is 5.37. The summed E-state index contributed by atoms with van der Waals surface area (Å²) in [5, 5.41) is 2.85. The molecule has 0 bridgehead atoms. The molecular formula is C21H23F3N4O2S. The molecule has 3 aromatic rings. The molecule has 1 N–H and O–H groups in total. The molecule has 4 rings (SSSR count). The summed E-state index contributed by atoms with van der Waals surface area (Å²) in [7, 11) is 0. The minimum absolute atomic E-state index is 0.0610. The number of ether oxygens (including phenoxy) is 1. The van der Waals surface area contributed by atoms with Crippen molar-refractivity contribution >= 4 is 28.3 Å². The van der Waals surface area contributed by atoms with E-state index in [1.54, 1.807) is 6.92 Å². The van der Waals surface area contributed by atoms with Gasteiger partial charge in [-0.15, -0.1) is 0 Å². The van der Waals surface area contributed by atoms with Gasteiger partial charge in [0.1, 0.15) is 5.82 Å². The van der Waals surface area contributed by atoms with Gasteiger partial charge in [0.25, 0.3) is 5.19 Å². The van der Waals surface area contributed by atoms with Gasteiger partial charge in [0.15, 0.2) is 6.61 Å². The zero-order valence-corrected chi connectivity index (χ0v) is 18.0. The number of imidazole rings is 1. The number of fused-ring (bicyclic) bond motifs is 1. The summed E-state index contributed by atoms with van der Waals surface area (Å²) in [6.45, 7) is 3.31. The SMILES string of the molecule is CCn1c([C@@H]2C[C@@H]2CC(=O)N[C@H](C)c2cnc(OCC(F)(F)F)s2)nc2ccccc21. The van der Waals surface area contributed by atoms with Gasteiger partial charge in [0.2, 0.25) is 5.91 Å². The Hall–Kier alpha value is -2.62. The van der Waals surface area contributed by atoms with E-state index < -0.39 is 12.8 Å². The van der Waals surface area contributed by atoms with Crippen molar-refractivity contribution in [3.63, 3.8) is 0 Å². The molecule has 1 amide bonds. The topological polar surface area (TPSA) is 69.0 Å². The van der Waals surface area contributed by atoms with Crippen LogP contribution in [0.5, 0.6) is 5.19 Å². The maximum absolute atomic E-state index is 12.5. The predicted octanol–water partition coefficient (Wildman–Crippen LogP) is 4.82. The summed E-state index contributed by atoms with van der Waals surface area (Å²) in [5.74, 6) is 1.44. The van der Waals surface area contributed by atoms with Crippen LogP contribution in [0.4, 0.5) is 13.2 Å². The Kier molecular flexibility index (Phi) is 5.92. The Morgan fingerprint density at radius 1 is 1.39 bits per heavy atom. The van der Waals surface area contributed by atoms with E-state index in [1.165, 1.54) is 6.20 Å². The lowest BCUT2D eigenvalue weighted by Gasteiger charge is -2.12. The molecule has 0 aliphatic heterocycles. The zero-order chi connectivity index (χ0) is 22.2. The molecule has 1 aromatic carbocycles. The fraction of sp³-hybridized carbons (Fsp3) is 0.476. The molecule has 0 unspecified atom stereocenters. The summed E-state index contributed by atoms with van der Waals surface area (Å²) >= 11 is 1.00. The van der Waals surface area contributed by atoms with Crippen LogP contribution in [0.25, 0.3) is 11.0 Å². The number of alkyl halides is 3. The highest BCUT2D eigenvalue weighted by atomic mass is 32.1. The summed E-state index contributed by atoms with van der Waals surface area (Å²) < 4.78 is 43.6. The van der Waals surface area contributed by atoms with Gasteiger partial charge in [-0.1, -0.05) is 23.5 Å². The second-order valence-electron chi connectivity index (χ2n) is 7.73. The van der Waals surface area contributed by atoms with E-state index in [0.717, 1.165) is 41.2 Å². The maximum Gasteiger partial charge on any atom is 0.422 e. The Labute approximate surface area is 181 Å². The van der Waals surface area contributed by atoms with Crippen LogP contribution in [0.15, 0.2) is 30.5 Å². The van der Waals surface area contributed by atoms with E-state index in [1.807, 2.05) is 18.2 Å². The number of aryl methyl sites for hydroxylation is 1. The lowest BCUT2D eigenvalue weighted by atomic mass is 10.2. The van der Waals surface area contributed by atoms with E-state index >= 15 is 0 Å². The quantitative estimate of drug-likeness (QED) is 0.532. The second kappa shape index (κ2) is 8.49. The summed E-state index contributed by atoms with van der Waals surface area (Å²) in [6.07, 6.45) is -1.67. The molecule has 10 heteroatoms. The van der Waals surface area contributed by atoms with Crippen molar-refractivity contribution in [2.24, 2.45) is 5.92 Å². The molecule has 1 aliphatic rings. The molecule has 1 saturated carbocycles. The highest BCUT2D eigenvalue weighted by Gasteiger charge is 2.43. The molecule has 0 radical (unpaired) electrons. The first kappa shape index (κ1) is 21.6. The Bertz CT molecular complexity index is 1080. The first-order valence-electron chi connectivity index (χ1n) is 10.1. The molecule has 1 fully saturated rings. The number of nitrogens with zero attached hydrogens (tertiary/aromatic N) is 3. The van der Waals surface area contributed by atoms with Crippen LogP contribution < -0.4 is 10.1 Å². The largest absolute Gasteiger partial charge is 0.460 e. The number of benzene rings is 1.